The molecule has 0 unspecified atom stereocenters. The molecule has 110 valence electrons. The molecular formula is C13H14N4O3S. The van der Waals surface area contributed by atoms with Crippen LogP contribution in [-0.2, 0) is 11.4 Å². The van der Waals surface area contributed by atoms with E-state index in [2.05, 4.69) is 22.5 Å². The van der Waals surface area contributed by atoms with Crippen LogP contribution >= 0.6 is 12.2 Å². The number of hydrogen-bond donors (Lipinski definition) is 3. The summed E-state index contributed by atoms with van der Waals surface area (Å²) in [6, 6.07) is 9.23. The number of fused-ring (bicyclic) bond motifs is 2. The molecule has 0 saturated heterocycles. The molecule has 2 heterocycles. The Labute approximate surface area is 125 Å². The number of nitrogen functional groups attached to an aromatic ring is 1. The zero-order valence-electron chi connectivity index (χ0n) is 11.3. The van der Waals surface area contributed by atoms with E-state index in [-0.39, 0.29) is 16.5 Å². The van der Waals surface area contributed by atoms with Gasteiger partial charge < -0.3 is 10.5 Å². The zero-order chi connectivity index (χ0) is 15.4. The van der Waals surface area contributed by atoms with Gasteiger partial charge in [-0.1, -0.05) is 12.1 Å². The topological polar surface area (TPSA) is 102 Å². The number of aromatic nitrogens is 2. The molecule has 0 fully saturated rings. The standard InChI is InChI=1S/C7H6O.C6H8N4O2S/c1-2-6-4-7(3-1)8-5-6;1-3(11)9-10-4(7)2-5(12)8-6(10)13/h1-4H,5H2;2H,7H2,1H3,(H,9,11)(H,8,12,13). The van der Waals surface area contributed by atoms with E-state index < -0.39 is 5.56 Å². The van der Waals surface area contributed by atoms with E-state index in [1.54, 1.807) is 0 Å². The highest BCUT2D eigenvalue weighted by Gasteiger charge is 2.03. The molecule has 21 heavy (non-hydrogen) atoms. The van der Waals surface area contributed by atoms with Gasteiger partial charge in [-0.15, -0.1) is 0 Å². The Kier molecular flexibility index (Phi) is 4.39. The van der Waals surface area contributed by atoms with Crippen LogP contribution in [0.2, 0.25) is 0 Å². The monoisotopic (exact) mass is 306 g/mol. The van der Waals surface area contributed by atoms with Crippen LogP contribution in [0, 0.1) is 4.77 Å². The van der Waals surface area contributed by atoms with Gasteiger partial charge in [-0.3, -0.25) is 20.0 Å². The number of nitrogens with zero attached hydrogens (tertiary/aromatic N) is 1. The molecule has 3 rings (SSSR count). The van der Waals surface area contributed by atoms with Crippen LogP contribution in [0.3, 0.4) is 0 Å². The molecule has 0 radical (unpaired) electrons. The molecule has 0 atom stereocenters. The Balaban J connectivity index is 0.000000170. The molecule has 8 heteroatoms. The maximum atomic E-state index is 10.8. The fourth-order valence-corrected chi connectivity index (χ4v) is 1.93. The Morgan fingerprint density at radius 2 is 2.24 bits per heavy atom. The normalized spacial score (nSPS) is 11.1. The number of H-pyrrole nitrogens is 1. The van der Waals surface area contributed by atoms with Gasteiger partial charge in [0.1, 0.15) is 18.2 Å². The van der Waals surface area contributed by atoms with Crippen molar-refractivity contribution in [3.05, 3.63) is 51.0 Å². The third-order valence-electron chi connectivity index (χ3n) is 2.54. The number of rotatable bonds is 1. The molecule has 7 nitrogen and oxygen atoms in total. The summed E-state index contributed by atoms with van der Waals surface area (Å²) in [5.74, 6) is 0.765. The largest absolute Gasteiger partial charge is 0.489 e. The Morgan fingerprint density at radius 1 is 1.48 bits per heavy atom. The van der Waals surface area contributed by atoms with Crippen LogP contribution < -0.4 is 21.5 Å². The quantitative estimate of drug-likeness (QED) is 0.686. The average Bonchev–Trinajstić information content (AvgIpc) is 2.73. The Hall–Kier alpha value is -2.61. The Morgan fingerprint density at radius 3 is 2.81 bits per heavy atom. The van der Waals surface area contributed by atoms with Crippen LogP contribution in [0.15, 0.2) is 35.1 Å². The van der Waals surface area contributed by atoms with Gasteiger partial charge in [0.15, 0.2) is 0 Å². The molecule has 0 aliphatic carbocycles. The van der Waals surface area contributed by atoms with Crippen LogP contribution in [-0.4, -0.2) is 15.6 Å². The number of benzene rings is 1. The highest BCUT2D eigenvalue weighted by Crippen LogP contribution is 2.20. The van der Waals surface area contributed by atoms with Gasteiger partial charge in [-0.05, 0) is 29.9 Å². The number of carbonyl (C=O) groups is 1. The molecule has 2 aromatic rings. The van der Waals surface area contributed by atoms with E-state index in [0.29, 0.717) is 0 Å². The maximum absolute atomic E-state index is 10.8. The summed E-state index contributed by atoms with van der Waals surface area (Å²) in [5.41, 5.74) is 8.66. The first-order chi connectivity index (χ1) is 9.95. The first-order valence-corrected chi connectivity index (χ1v) is 6.48. The van der Waals surface area contributed by atoms with Crippen molar-refractivity contribution in [1.82, 2.24) is 9.66 Å². The van der Waals surface area contributed by atoms with E-state index in [0.717, 1.165) is 23.1 Å². The SMILES string of the molecule is CC(=O)Nn1c(N)cc(=O)[nH]c1=S.c1cc2cc(c1)OC2. The van der Waals surface area contributed by atoms with Crippen molar-refractivity contribution >= 4 is 23.9 Å². The van der Waals surface area contributed by atoms with Gasteiger partial charge in [-0.2, -0.15) is 0 Å². The summed E-state index contributed by atoms with van der Waals surface area (Å²) in [6.07, 6.45) is 0. The third-order valence-corrected chi connectivity index (χ3v) is 2.83. The smallest absolute Gasteiger partial charge is 0.253 e. The predicted molar refractivity (Wildman–Crippen MR) is 81.1 cm³/mol. The molecule has 4 N–H and O–H groups in total. The van der Waals surface area contributed by atoms with E-state index in [1.807, 2.05) is 12.1 Å². The molecule has 1 amide bonds. The van der Waals surface area contributed by atoms with Crippen molar-refractivity contribution in [3.63, 3.8) is 0 Å². The summed E-state index contributed by atoms with van der Waals surface area (Å²) in [6.45, 7) is 2.08. The highest BCUT2D eigenvalue weighted by atomic mass is 32.1. The maximum Gasteiger partial charge on any atom is 0.253 e. The van der Waals surface area contributed by atoms with Crippen molar-refractivity contribution in [3.8, 4) is 5.75 Å². The lowest BCUT2D eigenvalue weighted by Crippen LogP contribution is -2.26. The van der Waals surface area contributed by atoms with Gasteiger partial charge in [0.25, 0.3) is 5.56 Å². The summed E-state index contributed by atoms with van der Waals surface area (Å²) in [4.78, 5) is 23.8. The summed E-state index contributed by atoms with van der Waals surface area (Å²) in [5, 5.41) is 0. The van der Waals surface area contributed by atoms with Gasteiger partial charge in [0, 0.05) is 13.0 Å². The molecule has 1 aliphatic rings. The molecular weight excluding hydrogens is 292 g/mol. The lowest BCUT2D eigenvalue weighted by atomic mass is 10.2. The van der Waals surface area contributed by atoms with E-state index in [4.69, 9.17) is 22.7 Å². The second-order valence-electron chi connectivity index (χ2n) is 4.30. The highest BCUT2D eigenvalue weighted by molar-refractivity contribution is 7.71. The Bertz CT molecular complexity index is 762. The molecule has 1 aromatic heterocycles. The lowest BCUT2D eigenvalue weighted by molar-refractivity contribution is -0.115. The number of nitrogens with one attached hydrogen (secondary N) is 2. The number of hydrogen-bond acceptors (Lipinski definition) is 5. The van der Waals surface area contributed by atoms with Crippen LogP contribution in [0.4, 0.5) is 5.82 Å². The molecule has 1 aliphatic heterocycles. The number of anilines is 1. The van der Waals surface area contributed by atoms with Gasteiger partial charge in [0.2, 0.25) is 10.7 Å². The van der Waals surface area contributed by atoms with Crippen LogP contribution in [0.25, 0.3) is 0 Å². The molecule has 0 spiro atoms. The van der Waals surface area contributed by atoms with Crippen molar-refractivity contribution < 1.29 is 9.53 Å². The molecule has 1 aromatic carbocycles. The molecule has 2 bridgehead atoms. The average molecular weight is 306 g/mol. The summed E-state index contributed by atoms with van der Waals surface area (Å²) < 4.78 is 6.36. The van der Waals surface area contributed by atoms with Crippen molar-refractivity contribution in [2.24, 2.45) is 0 Å². The number of carbonyl (C=O) groups excluding carboxylic acids is 1. The van der Waals surface area contributed by atoms with Gasteiger partial charge >= 0.3 is 0 Å². The molecule has 0 saturated carbocycles. The summed E-state index contributed by atoms with van der Waals surface area (Å²) >= 11 is 4.76. The number of amides is 1. The minimum Gasteiger partial charge on any atom is -0.489 e. The zero-order valence-corrected chi connectivity index (χ0v) is 12.1. The summed E-state index contributed by atoms with van der Waals surface area (Å²) in [7, 11) is 0. The number of aromatic amines is 1. The first kappa shape index (κ1) is 14.8. The van der Waals surface area contributed by atoms with Gasteiger partial charge in [-0.25, -0.2) is 4.68 Å². The lowest BCUT2D eigenvalue weighted by Gasteiger charge is -2.08. The van der Waals surface area contributed by atoms with Crippen molar-refractivity contribution in [2.45, 2.75) is 13.5 Å². The van der Waals surface area contributed by atoms with E-state index in [1.165, 1.54) is 12.5 Å². The minimum atomic E-state index is -0.399. The number of ether oxygens (including phenoxy) is 1. The van der Waals surface area contributed by atoms with E-state index >= 15 is 0 Å². The van der Waals surface area contributed by atoms with Crippen molar-refractivity contribution in [1.29, 1.82) is 0 Å². The number of nitrogens with two attached hydrogens (primary N) is 1. The van der Waals surface area contributed by atoms with Crippen molar-refractivity contribution in [2.75, 3.05) is 11.2 Å². The van der Waals surface area contributed by atoms with Gasteiger partial charge in [0.05, 0.1) is 0 Å². The fourth-order valence-electron chi connectivity index (χ4n) is 1.68. The van der Waals surface area contributed by atoms with E-state index in [9.17, 15) is 9.59 Å². The predicted octanol–water partition coefficient (Wildman–Crippen LogP) is 1.16. The second kappa shape index (κ2) is 6.23. The van der Waals surface area contributed by atoms with Crippen LogP contribution in [0.5, 0.6) is 5.75 Å². The third kappa shape index (κ3) is 3.93. The van der Waals surface area contributed by atoms with Crippen LogP contribution in [0.1, 0.15) is 12.5 Å². The second-order valence-corrected chi connectivity index (χ2v) is 4.69. The first-order valence-electron chi connectivity index (χ1n) is 6.07. The fraction of sp³-hybridized carbons (Fsp3) is 0.154. The minimum absolute atomic E-state index is 0.0557.